The summed E-state index contributed by atoms with van der Waals surface area (Å²) in [5, 5.41) is 22.6. The fourth-order valence-electron chi connectivity index (χ4n) is 2.29. The van der Waals surface area contributed by atoms with Crippen LogP contribution in [0.5, 0.6) is 11.5 Å². The maximum Gasteiger partial charge on any atom is 0.294 e. The Morgan fingerprint density at radius 3 is 3.00 bits per heavy atom. The summed E-state index contributed by atoms with van der Waals surface area (Å²) in [5.41, 5.74) is 0.787. The van der Waals surface area contributed by atoms with Crippen molar-refractivity contribution in [2.75, 3.05) is 19.8 Å². The van der Waals surface area contributed by atoms with Crippen molar-refractivity contribution in [1.82, 2.24) is 5.32 Å². The Balaban J connectivity index is 1.93. The van der Waals surface area contributed by atoms with E-state index in [9.17, 15) is 15.2 Å². The van der Waals surface area contributed by atoms with Gasteiger partial charge in [-0.2, -0.15) is 0 Å². The Hall–Kier alpha value is -2.06. The molecule has 2 N–H and O–H groups in total. The number of ether oxygens (including phenoxy) is 2. The maximum atomic E-state index is 10.4. The Kier molecular flexibility index (Phi) is 6.00. The molecule has 1 heterocycles. The van der Waals surface area contributed by atoms with Gasteiger partial charge >= 0.3 is 0 Å². The zero-order valence-corrected chi connectivity index (χ0v) is 13.2. The fourth-order valence-corrected chi connectivity index (χ4v) is 2.29. The maximum absolute atomic E-state index is 10.4. The van der Waals surface area contributed by atoms with Crippen LogP contribution in [0.4, 0.5) is 0 Å². The minimum absolute atomic E-state index is 0.0891. The minimum atomic E-state index is -0.808. The van der Waals surface area contributed by atoms with E-state index >= 15 is 0 Å². The van der Waals surface area contributed by atoms with Gasteiger partial charge < -0.3 is 24.7 Å². The predicted molar refractivity (Wildman–Crippen MR) is 82.1 cm³/mol. The summed E-state index contributed by atoms with van der Waals surface area (Å²) in [4.78, 5) is 15.0. The monoisotopic (exact) mass is 326 g/mol. The molecule has 128 valence electrons. The summed E-state index contributed by atoms with van der Waals surface area (Å²) in [7, 11) is 0. The molecule has 0 bridgehead atoms. The molecule has 8 heteroatoms. The molecule has 1 aromatic rings. The van der Waals surface area contributed by atoms with E-state index < -0.39 is 17.3 Å². The van der Waals surface area contributed by atoms with Crippen molar-refractivity contribution in [2.45, 2.75) is 38.5 Å². The van der Waals surface area contributed by atoms with Crippen molar-refractivity contribution in [1.29, 1.82) is 0 Å². The number of para-hydroxylation sites is 1. The second kappa shape index (κ2) is 7.98. The van der Waals surface area contributed by atoms with Gasteiger partial charge in [-0.15, -0.1) is 10.1 Å². The first-order valence-electron chi connectivity index (χ1n) is 7.55. The van der Waals surface area contributed by atoms with Gasteiger partial charge in [0.2, 0.25) is 0 Å². The molecule has 0 unspecified atom stereocenters. The van der Waals surface area contributed by atoms with Crippen molar-refractivity contribution in [2.24, 2.45) is 0 Å². The lowest BCUT2D eigenvalue weighted by Gasteiger charge is -2.25. The van der Waals surface area contributed by atoms with E-state index in [1.54, 1.807) is 12.1 Å². The summed E-state index contributed by atoms with van der Waals surface area (Å²) in [6.45, 7) is 4.66. The molecule has 0 spiro atoms. The molecule has 0 saturated carbocycles. The standard InChI is InChI=1S/C15H22N2O6/c1-10(2)16-7-12(18)8-21-14-5-3-4-11-6-13(23-17(19)20)9-22-15(11)14/h3-5,10,12-13,16,18H,6-9H2,1-2H3/t12-,13-/m0/s1. The van der Waals surface area contributed by atoms with Gasteiger partial charge in [0.05, 0.1) is 0 Å². The third-order valence-electron chi connectivity index (χ3n) is 3.35. The number of hydrogen-bond donors (Lipinski definition) is 2. The highest BCUT2D eigenvalue weighted by Crippen LogP contribution is 2.35. The van der Waals surface area contributed by atoms with Crippen molar-refractivity contribution in [3.63, 3.8) is 0 Å². The summed E-state index contributed by atoms with van der Waals surface area (Å²) in [6.07, 6.45) is -0.874. The highest BCUT2D eigenvalue weighted by Gasteiger charge is 2.25. The van der Waals surface area contributed by atoms with E-state index in [0.717, 1.165) is 5.56 Å². The van der Waals surface area contributed by atoms with Crippen molar-refractivity contribution in [3.8, 4) is 11.5 Å². The molecular formula is C15H22N2O6. The van der Waals surface area contributed by atoms with Crippen LogP contribution in [0, 0.1) is 10.1 Å². The topological polar surface area (TPSA) is 103 Å². The van der Waals surface area contributed by atoms with Gasteiger partial charge in [-0.25, -0.2) is 0 Å². The van der Waals surface area contributed by atoms with Gasteiger partial charge in [0.25, 0.3) is 5.09 Å². The van der Waals surface area contributed by atoms with Gasteiger partial charge in [-0.05, 0) is 6.07 Å². The summed E-state index contributed by atoms with van der Waals surface area (Å²) >= 11 is 0. The van der Waals surface area contributed by atoms with Crippen LogP contribution in [0.2, 0.25) is 0 Å². The first kappa shape index (κ1) is 17.3. The molecule has 23 heavy (non-hydrogen) atoms. The van der Waals surface area contributed by atoms with Crippen LogP contribution in [0.3, 0.4) is 0 Å². The Morgan fingerprint density at radius 1 is 1.52 bits per heavy atom. The molecule has 0 saturated heterocycles. The predicted octanol–water partition coefficient (Wildman–Crippen LogP) is 0.936. The fraction of sp³-hybridized carbons (Fsp3) is 0.600. The third-order valence-corrected chi connectivity index (χ3v) is 3.35. The number of benzene rings is 1. The molecule has 0 fully saturated rings. The van der Waals surface area contributed by atoms with Crippen LogP contribution in [0.15, 0.2) is 18.2 Å². The molecule has 1 aliphatic heterocycles. The number of aliphatic hydroxyl groups is 1. The van der Waals surface area contributed by atoms with Gasteiger partial charge in [0, 0.05) is 24.6 Å². The molecule has 2 rings (SSSR count). The number of fused-ring (bicyclic) bond motifs is 1. The van der Waals surface area contributed by atoms with Crippen LogP contribution in [0.25, 0.3) is 0 Å². The van der Waals surface area contributed by atoms with Crippen molar-refractivity contribution >= 4 is 0 Å². The molecular weight excluding hydrogens is 304 g/mol. The second-order valence-electron chi connectivity index (χ2n) is 5.74. The van der Waals surface area contributed by atoms with E-state index in [1.165, 1.54) is 0 Å². The highest BCUT2D eigenvalue weighted by atomic mass is 17.0. The summed E-state index contributed by atoms with van der Waals surface area (Å²) in [6, 6.07) is 5.63. The lowest BCUT2D eigenvalue weighted by atomic mass is 10.0. The molecule has 0 amide bonds. The molecule has 1 aliphatic rings. The summed E-state index contributed by atoms with van der Waals surface area (Å²) < 4.78 is 11.2. The number of rotatable bonds is 8. The number of hydrogen-bond acceptors (Lipinski definition) is 7. The average Bonchev–Trinajstić information content (AvgIpc) is 2.49. The van der Waals surface area contributed by atoms with Gasteiger partial charge in [0.15, 0.2) is 11.5 Å². The van der Waals surface area contributed by atoms with E-state index in [1.807, 2.05) is 19.9 Å². The Labute approximate surface area is 134 Å². The molecule has 0 aliphatic carbocycles. The van der Waals surface area contributed by atoms with Crippen molar-refractivity contribution in [3.05, 3.63) is 33.9 Å². The van der Waals surface area contributed by atoms with Crippen LogP contribution in [-0.4, -0.2) is 48.2 Å². The van der Waals surface area contributed by atoms with E-state index in [-0.39, 0.29) is 19.3 Å². The number of nitrogens with zero attached hydrogens (tertiary/aromatic N) is 1. The van der Waals surface area contributed by atoms with E-state index in [0.29, 0.717) is 24.5 Å². The third kappa shape index (κ3) is 5.26. The quantitative estimate of drug-likeness (QED) is 0.541. The first-order valence-corrected chi connectivity index (χ1v) is 7.55. The van der Waals surface area contributed by atoms with Crippen LogP contribution in [-0.2, 0) is 11.3 Å². The Bertz CT molecular complexity index is 537. The van der Waals surface area contributed by atoms with Gasteiger partial charge in [0.1, 0.15) is 25.4 Å². The van der Waals surface area contributed by atoms with Crippen LogP contribution < -0.4 is 14.8 Å². The SMILES string of the molecule is CC(C)NC[C@H](O)COc1cccc2c1OC[C@@H](O[N+](=O)[O-])C2. The molecule has 0 radical (unpaired) electrons. The lowest BCUT2D eigenvalue weighted by Crippen LogP contribution is -2.35. The Morgan fingerprint density at radius 2 is 2.30 bits per heavy atom. The number of aliphatic hydroxyl groups excluding tert-OH is 1. The van der Waals surface area contributed by atoms with Gasteiger partial charge in [-0.1, -0.05) is 26.0 Å². The van der Waals surface area contributed by atoms with Gasteiger partial charge in [-0.3, -0.25) is 0 Å². The molecule has 1 aromatic carbocycles. The smallest absolute Gasteiger partial charge is 0.294 e. The molecule has 8 nitrogen and oxygen atoms in total. The lowest BCUT2D eigenvalue weighted by molar-refractivity contribution is -0.769. The number of nitrogens with one attached hydrogen (secondary N) is 1. The summed E-state index contributed by atoms with van der Waals surface area (Å²) in [5.74, 6) is 1.07. The molecule has 2 atom stereocenters. The largest absolute Gasteiger partial charge is 0.487 e. The molecule has 0 aromatic heterocycles. The average molecular weight is 326 g/mol. The highest BCUT2D eigenvalue weighted by molar-refractivity contribution is 5.48. The van der Waals surface area contributed by atoms with E-state index in [2.05, 4.69) is 10.2 Å². The minimum Gasteiger partial charge on any atom is -0.487 e. The van der Waals surface area contributed by atoms with Crippen molar-refractivity contribution < 1.29 is 24.5 Å². The zero-order valence-electron chi connectivity index (χ0n) is 13.2. The first-order chi connectivity index (χ1) is 11.0. The second-order valence-corrected chi connectivity index (χ2v) is 5.74. The van der Waals surface area contributed by atoms with Crippen LogP contribution >= 0.6 is 0 Å². The zero-order chi connectivity index (χ0) is 16.8. The normalized spacial score (nSPS) is 18.0. The van der Waals surface area contributed by atoms with E-state index in [4.69, 9.17) is 9.47 Å². The van der Waals surface area contributed by atoms with Crippen LogP contribution in [0.1, 0.15) is 19.4 Å².